The third kappa shape index (κ3) is 4.68. The van der Waals surface area contributed by atoms with Gasteiger partial charge >= 0.3 is 0 Å². The summed E-state index contributed by atoms with van der Waals surface area (Å²) < 4.78 is 30.0. The molecular formula is C22H20N2O4S3. The summed E-state index contributed by atoms with van der Waals surface area (Å²) >= 11 is 2.89. The zero-order valence-corrected chi connectivity index (χ0v) is 19.4. The minimum atomic E-state index is -3.34. The van der Waals surface area contributed by atoms with Gasteiger partial charge in [0, 0.05) is 11.2 Å². The Kier molecular flexibility index (Phi) is 6.17. The predicted octanol–water partition coefficient (Wildman–Crippen LogP) is 5.25. The van der Waals surface area contributed by atoms with Gasteiger partial charge in [-0.1, -0.05) is 30.4 Å². The molecule has 2 aromatic heterocycles. The minimum absolute atomic E-state index is 0.185. The summed E-state index contributed by atoms with van der Waals surface area (Å²) in [6.07, 6.45) is 2.74. The van der Waals surface area contributed by atoms with Gasteiger partial charge in [0.2, 0.25) is 0 Å². The van der Waals surface area contributed by atoms with Crippen LogP contribution in [-0.2, 0) is 16.4 Å². The number of furan rings is 1. The highest BCUT2D eigenvalue weighted by Gasteiger charge is 2.25. The number of anilines is 1. The number of amides is 1. The van der Waals surface area contributed by atoms with E-state index in [1.807, 2.05) is 37.3 Å². The molecular weight excluding hydrogens is 452 g/mol. The highest BCUT2D eigenvalue weighted by Crippen LogP contribution is 2.33. The molecule has 0 aliphatic carbocycles. The first-order valence-electron chi connectivity index (χ1n) is 9.53. The van der Waals surface area contributed by atoms with Crippen molar-refractivity contribution in [2.45, 2.75) is 23.3 Å². The van der Waals surface area contributed by atoms with Gasteiger partial charge in [-0.25, -0.2) is 13.4 Å². The lowest BCUT2D eigenvalue weighted by atomic mass is 10.2. The van der Waals surface area contributed by atoms with Crippen molar-refractivity contribution in [2.24, 2.45) is 0 Å². The maximum atomic E-state index is 13.6. The molecule has 0 bridgehead atoms. The molecule has 0 fully saturated rings. The molecule has 0 saturated heterocycles. The van der Waals surface area contributed by atoms with Gasteiger partial charge < -0.3 is 4.42 Å². The quantitative estimate of drug-likeness (QED) is 0.342. The van der Waals surface area contributed by atoms with Crippen molar-refractivity contribution in [2.75, 3.05) is 16.9 Å². The molecule has 0 aliphatic rings. The lowest BCUT2D eigenvalue weighted by Crippen LogP contribution is -2.30. The van der Waals surface area contributed by atoms with E-state index >= 15 is 0 Å². The largest absolute Gasteiger partial charge is 0.467 e. The Bertz CT molecular complexity index is 1330. The summed E-state index contributed by atoms with van der Waals surface area (Å²) in [7, 11) is -3.34. The molecule has 4 aromatic rings. The number of thioether (sulfide) groups is 1. The molecule has 0 unspecified atom stereocenters. The van der Waals surface area contributed by atoms with Gasteiger partial charge in [0.05, 0.1) is 33.5 Å². The van der Waals surface area contributed by atoms with E-state index in [1.54, 1.807) is 41.1 Å². The Labute approximate surface area is 188 Å². The fourth-order valence-corrected chi connectivity index (χ4v) is 5.61. The molecule has 6 nitrogen and oxygen atoms in total. The molecule has 2 heterocycles. The van der Waals surface area contributed by atoms with Crippen molar-refractivity contribution in [3.63, 3.8) is 0 Å². The highest BCUT2D eigenvalue weighted by atomic mass is 32.2. The van der Waals surface area contributed by atoms with Gasteiger partial charge in [-0.15, -0.1) is 11.8 Å². The van der Waals surface area contributed by atoms with Crippen molar-refractivity contribution in [3.8, 4) is 0 Å². The first-order valence-corrected chi connectivity index (χ1v) is 13.2. The predicted molar refractivity (Wildman–Crippen MR) is 125 cm³/mol. The molecule has 0 atom stereocenters. The number of fused-ring (bicyclic) bond motifs is 1. The highest BCUT2D eigenvalue weighted by molar-refractivity contribution is 7.99. The van der Waals surface area contributed by atoms with Crippen LogP contribution in [0.1, 0.15) is 23.0 Å². The van der Waals surface area contributed by atoms with E-state index in [0.717, 1.165) is 10.6 Å². The number of carbonyl (C=O) groups is 1. The first-order chi connectivity index (χ1) is 14.9. The molecule has 0 N–H and O–H groups in total. The Balaban J connectivity index is 1.79. The molecule has 4 rings (SSSR count). The van der Waals surface area contributed by atoms with Crippen molar-refractivity contribution in [3.05, 3.63) is 72.2 Å². The van der Waals surface area contributed by atoms with E-state index in [2.05, 4.69) is 4.98 Å². The van der Waals surface area contributed by atoms with Crippen LogP contribution in [-0.4, -0.2) is 31.3 Å². The van der Waals surface area contributed by atoms with Crippen LogP contribution in [0.5, 0.6) is 0 Å². The average Bonchev–Trinajstić information content (AvgIpc) is 3.40. The number of nitrogens with zero attached hydrogens (tertiary/aromatic N) is 2. The zero-order chi connectivity index (χ0) is 22.0. The van der Waals surface area contributed by atoms with Crippen molar-refractivity contribution < 1.29 is 17.6 Å². The van der Waals surface area contributed by atoms with Gasteiger partial charge in [0.15, 0.2) is 15.0 Å². The summed E-state index contributed by atoms with van der Waals surface area (Å²) in [5.74, 6) is 1.29. The fraction of sp³-hybridized carbons (Fsp3) is 0.182. The van der Waals surface area contributed by atoms with E-state index in [4.69, 9.17) is 4.42 Å². The lowest BCUT2D eigenvalue weighted by molar-refractivity contribution is 0.0980. The maximum Gasteiger partial charge on any atom is 0.261 e. The molecule has 160 valence electrons. The van der Waals surface area contributed by atoms with Crippen LogP contribution < -0.4 is 4.90 Å². The van der Waals surface area contributed by atoms with E-state index in [1.165, 1.54) is 23.7 Å². The fourth-order valence-electron chi connectivity index (χ4n) is 3.09. The second kappa shape index (κ2) is 8.86. The van der Waals surface area contributed by atoms with Crippen LogP contribution in [0.2, 0.25) is 0 Å². The Morgan fingerprint density at radius 3 is 2.68 bits per heavy atom. The standard InChI is InChI=1S/C22H20N2O4S3/c1-3-29-19-9-5-4-8-17(19)21(25)24(14-15-7-6-12-28-15)22-23-18-11-10-16(31(2,26)27)13-20(18)30-22/h4-13H,3,14H2,1-2H3. The monoisotopic (exact) mass is 472 g/mol. The summed E-state index contributed by atoms with van der Waals surface area (Å²) in [5, 5.41) is 0.485. The Morgan fingerprint density at radius 2 is 1.97 bits per heavy atom. The van der Waals surface area contributed by atoms with E-state index < -0.39 is 9.84 Å². The molecule has 0 aliphatic heterocycles. The van der Waals surface area contributed by atoms with Crippen molar-refractivity contribution in [1.82, 2.24) is 4.98 Å². The normalized spacial score (nSPS) is 11.7. The van der Waals surface area contributed by atoms with Crippen LogP contribution in [0, 0.1) is 0 Å². The number of hydrogen-bond acceptors (Lipinski definition) is 7. The Morgan fingerprint density at radius 1 is 1.16 bits per heavy atom. The molecule has 0 spiro atoms. The average molecular weight is 473 g/mol. The molecule has 31 heavy (non-hydrogen) atoms. The van der Waals surface area contributed by atoms with Gasteiger partial charge in [0.1, 0.15) is 5.76 Å². The van der Waals surface area contributed by atoms with Crippen LogP contribution in [0.4, 0.5) is 5.13 Å². The van der Waals surface area contributed by atoms with E-state index in [-0.39, 0.29) is 17.3 Å². The van der Waals surface area contributed by atoms with Crippen LogP contribution in [0.15, 0.2) is 75.1 Å². The zero-order valence-electron chi connectivity index (χ0n) is 16.9. The number of benzene rings is 2. The molecule has 0 saturated carbocycles. The summed E-state index contributed by atoms with van der Waals surface area (Å²) in [5.41, 5.74) is 1.23. The number of carbonyl (C=O) groups excluding carboxylic acids is 1. The van der Waals surface area contributed by atoms with Crippen LogP contribution in [0.3, 0.4) is 0 Å². The van der Waals surface area contributed by atoms with E-state index in [9.17, 15) is 13.2 Å². The first kappa shape index (κ1) is 21.6. The molecule has 9 heteroatoms. The summed E-state index contributed by atoms with van der Waals surface area (Å²) in [4.78, 5) is 20.9. The summed E-state index contributed by atoms with van der Waals surface area (Å²) in [6, 6.07) is 15.9. The number of rotatable bonds is 7. The van der Waals surface area contributed by atoms with Gasteiger partial charge in [-0.05, 0) is 48.2 Å². The van der Waals surface area contributed by atoms with Gasteiger partial charge in [-0.3, -0.25) is 9.69 Å². The van der Waals surface area contributed by atoms with Crippen LogP contribution in [0.25, 0.3) is 10.2 Å². The Hall–Kier alpha value is -2.62. The number of aromatic nitrogens is 1. The second-order valence-electron chi connectivity index (χ2n) is 6.80. The number of sulfone groups is 1. The lowest BCUT2D eigenvalue weighted by Gasteiger charge is -2.20. The SMILES string of the molecule is CCSc1ccccc1C(=O)N(Cc1ccco1)c1nc2ccc(S(C)(=O)=O)cc2s1. The smallest absolute Gasteiger partial charge is 0.261 e. The third-order valence-electron chi connectivity index (χ3n) is 4.56. The number of thiazole rings is 1. The topological polar surface area (TPSA) is 80.5 Å². The molecule has 0 radical (unpaired) electrons. The minimum Gasteiger partial charge on any atom is -0.467 e. The molecule has 1 amide bonds. The van der Waals surface area contributed by atoms with Crippen molar-refractivity contribution in [1.29, 1.82) is 0 Å². The van der Waals surface area contributed by atoms with Gasteiger partial charge in [0.25, 0.3) is 5.91 Å². The van der Waals surface area contributed by atoms with Gasteiger partial charge in [-0.2, -0.15) is 0 Å². The van der Waals surface area contributed by atoms with Crippen molar-refractivity contribution >= 4 is 54.2 Å². The number of hydrogen-bond donors (Lipinski definition) is 0. The van der Waals surface area contributed by atoms with Crippen LogP contribution >= 0.6 is 23.1 Å². The summed E-state index contributed by atoms with van der Waals surface area (Å²) in [6.45, 7) is 2.26. The maximum absolute atomic E-state index is 13.6. The second-order valence-corrected chi connectivity index (χ2v) is 11.1. The third-order valence-corrected chi connectivity index (χ3v) is 7.67. The van der Waals surface area contributed by atoms with E-state index in [0.29, 0.717) is 26.7 Å². The molecule has 2 aromatic carbocycles.